The van der Waals surface area contributed by atoms with Crippen LogP contribution in [0.25, 0.3) is 10.9 Å². The van der Waals surface area contributed by atoms with Gasteiger partial charge >= 0.3 is 0 Å². The van der Waals surface area contributed by atoms with Crippen LogP contribution in [-0.4, -0.2) is 4.57 Å². The molecule has 0 spiro atoms. The van der Waals surface area contributed by atoms with Crippen LogP contribution < -0.4 is 0 Å². The predicted molar refractivity (Wildman–Crippen MR) is 78.9 cm³/mol. The van der Waals surface area contributed by atoms with E-state index in [9.17, 15) is 0 Å². The van der Waals surface area contributed by atoms with Crippen molar-refractivity contribution in [2.75, 3.05) is 0 Å². The molecule has 0 saturated heterocycles. The highest BCUT2D eigenvalue weighted by atomic mass is 32.2. The highest BCUT2D eigenvalue weighted by Crippen LogP contribution is 2.28. The van der Waals surface area contributed by atoms with Crippen molar-refractivity contribution in [3.63, 3.8) is 0 Å². The average Bonchev–Trinajstić information content (AvgIpc) is 2.75. The van der Waals surface area contributed by atoms with E-state index < -0.39 is 0 Å². The molecular weight excluding hydrogens is 238 g/mol. The van der Waals surface area contributed by atoms with Crippen molar-refractivity contribution in [2.24, 2.45) is 7.05 Å². The van der Waals surface area contributed by atoms with Crippen LogP contribution in [0.5, 0.6) is 0 Å². The van der Waals surface area contributed by atoms with Crippen LogP contribution in [0.15, 0.2) is 65.7 Å². The summed E-state index contributed by atoms with van der Waals surface area (Å²) in [5.41, 5.74) is 2.67. The minimum atomic E-state index is 1.02. The Morgan fingerprint density at radius 2 is 1.67 bits per heavy atom. The fourth-order valence-electron chi connectivity index (χ4n) is 2.13. The SMILES string of the molecule is Cn1c(SCc2ccccc2)cc2ccccc21. The molecule has 0 aliphatic carbocycles. The molecule has 0 amide bonds. The van der Waals surface area contributed by atoms with Crippen LogP contribution >= 0.6 is 11.8 Å². The van der Waals surface area contributed by atoms with E-state index in [2.05, 4.69) is 72.3 Å². The van der Waals surface area contributed by atoms with E-state index in [0.717, 1.165) is 5.75 Å². The van der Waals surface area contributed by atoms with Gasteiger partial charge in [-0.05, 0) is 17.7 Å². The Morgan fingerprint density at radius 1 is 0.944 bits per heavy atom. The Hall–Kier alpha value is -1.67. The van der Waals surface area contributed by atoms with Gasteiger partial charge in [0.15, 0.2) is 0 Å². The number of para-hydroxylation sites is 1. The first-order chi connectivity index (χ1) is 8.84. The zero-order chi connectivity index (χ0) is 12.4. The van der Waals surface area contributed by atoms with Crippen LogP contribution in [0.1, 0.15) is 5.56 Å². The molecule has 90 valence electrons. The third kappa shape index (κ3) is 2.16. The molecule has 3 rings (SSSR count). The lowest BCUT2D eigenvalue weighted by Crippen LogP contribution is -1.89. The zero-order valence-electron chi connectivity index (χ0n) is 10.3. The number of hydrogen-bond donors (Lipinski definition) is 0. The van der Waals surface area contributed by atoms with E-state index in [0.29, 0.717) is 0 Å². The first kappa shape index (κ1) is 11.4. The van der Waals surface area contributed by atoms with Gasteiger partial charge in [0, 0.05) is 23.7 Å². The summed E-state index contributed by atoms with van der Waals surface area (Å²) >= 11 is 1.89. The van der Waals surface area contributed by atoms with Gasteiger partial charge in [-0.3, -0.25) is 0 Å². The molecule has 1 nitrogen and oxygen atoms in total. The number of thioether (sulfide) groups is 1. The van der Waals surface area contributed by atoms with E-state index in [1.165, 1.54) is 21.5 Å². The number of aryl methyl sites for hydroxylation is 1. The van der Waals surface area contributed by atoms with Gasteiger partial charge in [0.05, 0.1) is 5.03 Å². The summed E-state index contributed by atoms with van der Waals surface area (Å²) in [6, 6.07) is 21.4. The monoisotopic (exact) mass is 253 g/mol. The number of rotatable bonds is 3. The molecule has 18 heavy (non-hydrogen) atoms. The molecule has 0 N–H and O–H groups in total. The van der Waals surface area contributed by atoms with Gasteiger partial charge in [0.25, 0.3) is 0 Å². The molecule has 0 atom stereocenters. The van der Waals surface area contributed by atoms with Gasteiger partial charge in [-0.1, -0.05) is 48.5 Å². The number of aromatic nitrogens is 1. The van der Waals surface area contributed by atoms with Crippen molar-refractivity contribution in [2.45, 2.75) is 10.8 Å². The molecule has 2 aromatic carbocycles. The molecule has 2 heteroatoms. The second-order valence-corrected chi connectivity index (χ2v) is 5.37. The van der Waals surface area contributed by atoms with Crippen molar-refractivity contribution in [1.82, 2.24) is 4.57 Å². The van der Waals surface area contributed by atoms with Crippen LogP contribution in [0.3, 0.4) is 0 Å². The molecule has 0 aliphatic rings. The lowest BCUT2D eigenvalue weighted by atomic mass is 10.2. The van der Waals surface area contributed by atoms with E-state index in [1.54, 1.807) is 0 Å². The topological polar surface area (TPSA) is 4.93 Å². The van der Waals surface area contributed by atoms with E-state index in [1.807, 2.05) is 11.8 Å². The molecule has 1 aromatic heterocycles. The summed E-state index contributed by atoms with van der Waals surface area (Å²) in [5.74, 6) is 1.02. The third-order valence-electron chi connectivity index (χ3n) is 3.14. The minimum Gasteiger partial charge on any atom is -0.339 e. The Bertz CT molecular complexity index is 655. The van der Waals surface area contributed by atoms with Crippen LogP contribution in [0.2, 0.25) is 0 Å². The third-order valence-corrected chi connectivity index (χ3v) is 4.30. The molecule has 0 radical (unpaired) electrons. The standard InChI is InChI=1S/C16H15NS/c1-17-15-10-6-5-9-14(15)11-16(17)18-12-13-7-3-2-4-8-13/h2-11H,12H2,1H3. The van der Waals surface area contributed by atoms with Crippen molar-refractivity contribution in [3.8, 4) is 0 Å². The molecule has 0 unspecified atom stereocenters. The second kappa shape index (κ2) is 4.91. The van der Waals surface area contributed by atoms with Gasteiger partial charge in [0.2, 0.25) is 0 Å². The normalized spacial score (nSPS) is 10.9. The Balaban J connectivity index is 1.85. The minimum absolute atomic E-state index is 1.02. The molecule has 0 fully saturated rings. The number of fused-ring (bicyclic) bond motifs is 1. The summed E-state index contributed by atoms with van der Waals surface area (Å²) in [4.78, 5) is 0. The molecular formula is C16H15NS. The maximum absolute atomic E-state index is 2.27. The van der Waals surface area contributed by atoms with Gasteiger partial charge < -0.3 is 4.57 Å². The smallest absolute Gasteiger partial charge is 0.0759 e. The number of hydrogen-bond acceptors (Lipinski definition) is 1. The largest absolute Gasteiger partial charge is 0.339 e. The van der Waals surface area contributed by atoms with E-state index >= 15 is 0 Å². The Labute approximate surface area is 111 Å². The molecule has 0 saturated carbocycles. The fourth-order valence-corrected chi connectivity index (χ4v) is 3.14. The highest BCUT2D eigenvalue weighted by Gasteiger charge is 2.05. The van der Waals surface area contributed by atoms with E-state index in [-0.39, 0.29) is 0 Å². The quantitative estimate of drug-likeness (QED) is 0.623. The second-order valence-electron chi connectivity index (χ2n) is 4.37. The van der Waals surface area contributed by atoms with Crippen LogP contribution in [0.4, 0.5) is 0 Å². The lowest BCUT2D eigenvalue weighted by molar-refractivity contribution is 0.862. The molecule has 1 heterocycles. The highest BCUT2D eigenvalue weighted by molar-refractivity contribution is 7.98. The maximum atomic E-state index is 2.27. The first-order valence-electron chi connectivity index (χ1n) is 6.06. The summed E-state index contributed by atoms with van der Waals surface area (Å²) in [6.07, 6.45) is 0. The maximum Gasteiger partial charge on any atom is 0.0759 e. The van der Waals surface area contributed by atoms with Crippen molar-refractivity contribution in [1.29, 1.82) is 0 Å². The van der Waals surface area contributed by atoms with Crippen LogP contribution in [0, 0.1) is 0 Å². The van der Waals surface area contributed by atoms with Crippen molar-refractivity contribution >= 4 is 22.7 Å². The van der Waals surface area contributed by atoms with E-state index in [4.69, 9.17) is 0 Å². The zero-order valence-corrected chi connectivity index (χ0v) is 11.2. The van der Waals surface area contributed by atoms with Crippen molar-refractivity contribution < 1.29 is 0 Å². The lowest BCUT2D eigenvalue weighted by Gasteiger charge is -2.04. The summed E-state index contributed by atoms with van der Waals surface area (Å²) < 4.78 is 2.27. The summed E-state index contributed by atoms with van der Waals surface area (Å²) in [6.45, 7) is 0. The Kier molecular flexibility index (Phi) is 3.11. The van der Waals surface area contributed by atoms with Gasteiger partial charge in [-0.15, -0.1) is 11.8 Å². The Morgan fingerprint density at radius 3 is 2.44 bits per heavy atom. The van der Waals surface area contributed by atoms with Crippen LogP contribution in [-0.2, 0) is 12.8 Å². The summed E-state index contributed by atoms with van der Waals surface area (Å²) in [5, 5.41) is 2.63. The summed E-state index contributed by atoms with van der Waals surface area (Å²) in [7, 11) is 2.13. The predicted octanol–water partition coefficient (Wildman–Crippen LogP) is 4.47. The van der Waals surface area contributed by atoms with Gasteiger partial charge in [0.1, 0.15) is 0 Å². The first-order valence-corrected chi connectivity index (χ1v) is 7.04. The molecule has 0 aliphatic heterocycles. The van der Waals surface area contributed by atoms with Gasteiger partial charge in [-0.2, -0.15) is 0 Å². The molecule has 0 bridgehead atoms. The number of nitrogens with zero attached hydrogens (tertiary/aromatic N) is 1. The average molecular weight is 253 g/mol. The molecule has 3 aromatic rings. The number of benzene rings is 2. The van der Waals surface area contributed by atoms with Gasteiger partial charge in [-0.25, -0.2) is 0 Å². The van der Waals surface area contributed by atoms with Crippen molar-refractivity contribution in [3.05, 3.63) is 66.2 Å². The fraction of sp³-hybridized carbons (Fsp3) is 0.125.